The molecule has 0 aromatic heterocycles. The van der Waals surface area contributed by atoms with Gasteiger partial charge in [0.2, 0.25) is 0 Å². The number of aliphatic hydroxyl groups excluding tert-OH is 4. The summed E-state index contributed by atoms with van der Waals surface area (Å²) in [6, 6.07) is 0. The minimum atomic E-state index is -1.53. The molecular formula is C52H102O9. The lowest BCUT2D eigenvalue weighted by molar-refractivity contribution is -0.305. The standard InChI is InChI=1S/C52H102O9/c1-3-5-7-9-11-13-15-17-19-20-21-22-23-24-25-26-27-29-31-33-35-37-39-41-48(54)60-46(45-59-52-51(57)50(56)49(55)47(43-53)61-52)44-58-42-40-38-36-34-32-30-28-18-16-14-12-10-8-6-4-2/h46-47,49-53,55-57H,3-45H2,1-2H3. The number of rotatable bonds is 47. The van der Waals surface area contributed by atoms with E-state index >= 15 is 0 Å². The largest absolute Gasteiger partial charge is 0.457 e. The zero-order valence-corrected chi connectivity index (χ0v) is 40.2. The van der Waals surface area contributed by atoms with Crippen LogP contribution in [0.5, 0.6) is 0 Å². The lowest BCUT2D eigenvalue weighted by Gasteiger charge is -2.39. The Balaban J connectivity index is 2.15. The Morgan fingerprint density at radius 1 is 0.459 bits per heavy atom. The summed E-state index contributed by atoms with van der Waals surface area (Å²) in [4.78, 5) is 12.8. The van der Waals surface area contributed by atoms with E-state index in [9.17, 15) is 25.2 Å². The van der Waals surface area contributed by atoms with Crippen molar-refractivity contribution in [3.05, 3.63) is 0 Å². The lowest BCUT2D eigenvalue weighted by atomic mass is 9.99. The molecule has 0 aromatic carbocycles. The first-order chi connectivity index (χ1) is 29.9. The summed E-state index contributed by atoms with van der Waals surface area (Å²) in [6.07, 6.45) is 42.8. The SMILES string of the molecule is CCCCCCCCCCCCCCCCCCCCCCCCCC(=O)OC(COCCCCCCCCCCCCCCCCC)COC1OC(CO)C(O)C(O)C1O. The fourth-order valence-corrected chi connectivity index (χ4v) is 8.61. The zero-order chi connectivity index (χ0) is 44.3. The van der Waals surface area contributed by atoms with E-state index in [-0.39, 0.29) is 19.2 Å². The number of carbonyl (C=O) groups is 1. The van der Waals surface area contributed by atoms with Crippen LogP contribution in [0.1, 0.15) is 264 Å². The summed E-state index contributed by atoms with van der Waals surface area (Å²) in [5.74, 6) is -0.304. The third kappa shape index (κ3) is 35.2. The maximum atomic E-state index is 12.8. The van der Waals surface area contributed by atoms with E-state index in [0.717, 1.165) is 32.1 Å². The molecule has 0 bridgehead atoms. The molecule has 0 saturated carbocycles. The molecule has 364 valence electrons. The molecule has 0 radical (unpaired) electrons. The number of ether oxygens (including phenoxy) is 4. The van der Waals surface area contributed by atoms with Gasteiger partial charge in [-0.3, -0.25) is 4.79 Å². The predicted molar refractivity (Wildman–Crippen MR) is 252 cm³/mol. The Morgan fingerprint density at radius 3 is 1.16 bits per heavy atom. The molecule has 9 nitrogen and oxygen atoms in total. The molecule has 6 atom stereocenters. The summed E-state index contributed by atoms with van der Waals surface area (Å²) in [5.41, 5.74) is 0. The van der Waals surface area contributed by atoms with Gasteiger partial charge < -0.3 is 39.4 Å². The number of hydrogen-bond donors (Lipinski definition) is 4. The van der Waals surface area contributed by atoms with E-state index in [1.807, 2.05) is 0 Å². The molecule has 0 amide bonds. The number of hydrogen-bond acceptors (Lipinski definition) is 9. The highest BCUT2D eigenvalue weighted by molar-refractivity contribution is 5.69. The van der Waals surface area contributed by atoms with Crippen molar-refractivity contribution in [3.8, 4) is 0 Å². The van der Waals surface area contributed by atoms with E-state index in [0.29, 0.717) is 13.0 Å². The van der Waals surface area contributed by atoms with E-state index in [1.165, 1.54) is 212 Å². The van der Waals surface area contributed by atoms with Crippen molar-refractivity contribution in [1.82, 2.24) is 0 Å². The minimum Gasteiger partial charge on any atom is -0.457 e. The maximum absolute atomic E-state index is 12.8. The second-order valence-corrected chi connectivity index (χ2v) is 18.7. The second kappa shape index (κ2) is 44.4. The van der Waals surface area contributed by atoms with Gasteiger partial charge in [-0.15, -0.1) is 0 Å². The fourth-order valence-electron chi connectivity index (χ4n) is 8.61. The molecule has 1 fully saturated rings. The average molecular weight is 871 g/mol. The lowest BCUT2D eigenvalue weighted by Crippen LogP contribution is -2.59. The molecule has 0 aliphatic carbocycles. The molecule has 4 N–H and O–H groups in total. The smallest absolute Gasteiger partial charge is 0.306 e. The quantitative estimate of drug-likeness (QED) is 0.0348. The molecule has 0 aromatic rings. The van der Waals surface area contributed by atoms with Gasteiger partial charge in [-0.2, -0.15) is 0 Å². The van der Waals surface area contributed by atoms with Crippen molar-refractivity contribution in [1.29, 1.82) is 0 Å². The summed E-state index contributed by atoms with van der Waals surface area (Å²) in [5, 5.41) is 40.2. The Kier molecular flexibility index (Phi) is 42.4. The first kappa shape index (κ1) is 58.2. The van der Waals surface area contributed by atoms with Crippen molar-refractivity contribution in [2.75, 3.05) is 26.4 Å². The van der Waals surface area contributed by atoms with Gasteiger partial charge in [0, 0.05) is 13.0 Å². The Bertz CT molecular complexity index is 904. The summed E-state index contributed by atoms with van der Waals surface area (Å²) in [7, 11) is 0. The number of carbonyl (C=O) groups excluding carboxylic acids is 1. The molecule has 9 heteroatoms. The highest BCUT2D eigenvalue weighted by atomic mass is 16.7. The van der Waals surface area contributed by atoms with E-state index in [1.54, 1.807) is 0 Å². The van der Waals surface area contributed by atoms with Crippen LogP contribution in [0.4, 0.5) is 0 Å². The molecular weight excluding hydrogens is 769 g/mol. The summed E-state index contributed by atoms with van der Waals surface area (Å²) >= 11 is 0. The number of esters is 1. The van der Waals surface area contributed by atoms with Crippen LogP contribution in [0.15, 0.2) is 0 Å². The zero-order valence-electron chi connectivity index (χ0n) is 40.2. The van der Waals surface area contributed by atoms with Crippen molar-refractivity contribution < 1.29 is 44.2 Å². The topological polar surface area (TPSA) is 135 Å². The molecule has 6 unspecified atom stereocenters. The van der Waals surface area contributed by atoms with Crippen LogP contribution < -0.4 is 0 Å². The molecule has 1 saturated heterocycles. The minimum absolute atomic E-state index is 0.104. The number of aliphatic hydroxyl groups is 4. The van der Waals surface area contributed by atoms with E-state index < -0.39 is 43.4 Å². The van der Waals surface area contributed by atoms with E-state index in [2.05, 4.69) is 13.8 Å². The van der Waals surface area contributed by atoms with Gasteiger partial charge in [-0.25, -0.2) is 0 Å². The van der Waals surface area contributed by atoms with Crippen LogP contribution in [-0.2, 0) is 23.7 Å². The molecule has 0 spiro atoms. The van der Waals surface area contributed by atoms with Crippen molar-refractivity contribution >= 4 is 5.97 Å². The summed E-state index contributed by atoms with van der Waals surface area (Å²) < 4.78 is 22.9. The van der Waals surface area contributed by atoms with Crippen LogP contribution in [0.2, 0.25) is 0 Å². The number of unbranched alkanes of at least 4 members (excludes halogenated alkanes) is 36. The van der Waals surface area contributed by atoms with Gasteiger partial charge in [-0.1, -0.05) is 245 Å². The van der Waals surface area contributed by atoms with Crippen LogP contribution in [0.25, 0.3) is 0 Å². The van der Waals surface area contributed by atoms with Crippen molar-refractivity contribution in [2.24, 2.45) is 0 Å². The van der Waals surface area contributed by atoms with Crippen LogP contribution >= 0.6 is 0 Å². The van der Waals surface area contributed by atoms with Gasteiger partial charge in [0.1, 0.15) is 30.5 Å². The first-order valence-electron chi connectivity index (χ1n) is 26.6. The summed E-state index contributed by atoms with van der Waals surface area (Å²) in [6.45, 7) is 4.63. The Hall–Kier alpha value is -0.810. The molecule has 1 aliphatic rings. The van der Waals surface area contributed by atoms with Crippen molar-refractivity contribution in [3.63, 3.8) is 0 Å². The average Bonchev–Trinajstić information content (AvgIpc) is 3.26. The highest BCUT2D eigenvalue weighted by Crippen LogP contribution is 2.23. The van der Waals surface area contributed by atoms with Crippen LogP contribution in [0.3, 0.4) is 0 Å². The van der Waals surface area contributed by atoms with Gasteiger partial charge in [0.15, 0.2) is 6.29 Å². The Morgan fingerprint density at radius 2 is 0.803 bits per heavy atom. The predicted octanol–water partition coefficient (Wildman–Crippen LogP) is 13.0. The van der Waals surface area contributed by atoms with Gasteiger partial charge in [0.25, 0.3) is 0 Å². The van der Waals surface area contributed by atoms with Crippen LogP contribution in [0, 0.1) is 0 Å². The highest BCUT2D eigenvalue weighted by Gasteiger charge is 2.44. The van der Waals surface area contributed by atoms with Crippen LogP contribution in [-0.4, -0.2) is 89.6 Å². The Labute approximate surface area is 376 Å². The van der Waals surface area contributed by atoms with Gasteiger partial charge >= 0.3 is 5.97 Å². The third-order valence-corrected chi connectivity index (χ3v) is 12.8. The fraction of sp³-hybridized carbons (Fsp3) is 0.981. The van der Waals surface area contributed by atoms with Crippen molar-refractivity contribution in [2.45, 2.75) is 301 Å². The monoisotopic (exact) mass is 871 g/mol. The van der Waals surface area contributed by atoms with Gasteiger partial charge in [0.05, 0.1) is 19.8 Å². The normalized spacial score (nSPS) is 19.7. The molecule has 61 heavy (non-hydrogen) atoms. The van der Waals surface area contributed by atoms with Gasteiger partial charge in [-0.05, 0) is 12.8 Å². The molecule has 1 aliphatic heterocycles. The first-order valence-corrected chi connectivity index (χ1v) is 26.6. The molecule has 1 heterocycles. The van der Waals surface area contributed by atoms with E-state index in [4.69, 9.17) is 18.9 Å². The maximum Gasteiger partial charge on any atom is 0.306 e. The molecule has 1 rings (SSSR count). The third-order valence-electron chi connectivity index (χ3n) is 12.8. The second-order valence-electron chi connectivity index (χ2n) is 18.7.